The lowest BCUT2D eigenvalue weighted by Gasteiger charge is -2.45. The molecule has 0 bridgehead atoms. The zero-order chi connectivity index (χ0) is 22.3. The number of carboxylic acid groups (broad SMARTS) is 1. The molecule has 2 N–H and O–H groups in total. The zero-order valence-corrected chi connectivity index (χ0v) is 17.3. The van der Waals surface area contributed by atoms with Crippen LogP contribution in [0.4, 0.5) is 24.5 Å². The van der Waals surface area contributed by atoms with Crippen LogP contribution in [-0.4, -0.2) is 57.8 Å². The van der Waals surface area contributed by atoms with Crippen molar-refractivity contribution in [2.24, 2.45) is 4.99 Å². The number of amides is 4. The van der Waals surface area contributed by atoms with Crippen LogP contribution >= 0.6 is 0 Å². The van der Waals surface area contributed by atoms with Gasteiger partial charge in [0.05, 0.1) is 0 Å². The van der Waals surface area contributed by atoms with Gasteiger partial charge in [0.2, 0.25) is 0 Å². The van der Waals surface area contributed by atoms with Crippen LogP contribution in [0, 0.1) is 5.82 Å². The molecule has 162 valence electrons. The standard InChI is InChI=1S/C20H25FN4O5/c1-12-11-20(8-9-24(12)18(28)29)15(23-17(27)30-19(2,3)4)22-16(26)25(20)14-7-5-6-13(21)10-14/h5-7,10,12H,8-9,11H2,1-4H3,(H,28,29)(H,22,23,26,27). The lowest BCUT2D eigenvalue weighted by atomic mass is 9.81. The molecule has 0 aliphatic carbocycles. The smallest absolute Gasteiger partial charge is 0.435 e. The van der Waals surface area contributed by atoms with Crippen molar-refractivity contribution in [3.63, 3.8) is 0 Å². The number of hydrogen-bond acceptors (Lipinski definition) is 4. The van der Waals surface area contributed by atoms with Crippen molar-refractivity contribution in [3.8, 4) is 0 Å². The number of hydrogen-bond donors (Lipinski definition) is 2. The Hall–Kier alpha value is -3.17. The van der Waals surface area contributed by atoms with E-state index in [1.165, 1.54) is 28.0 Å². The topological polar surface area (TPSA) is 112 Å². The minimum Gasteiger partial charge on any atom is -0.465 e. The van der Waals surface area contributed by atoms with Crippen LogP contribution in [0.1, 0.15) is 40.5 Å². The van der Waals surface area contributed by atoms with E-state index in [1.54, 1.807) is 33.8 Å². The third-order valence-electron chi connectivity index (χ3n) is 5.14. The molecule has 0 aromatic heterocycles. The minimum absolute atomic E-state index is 0.0721. The number of benzene rings is 1. The van der Waals surface area contributed by atoms with Crippen LogP contribution in [-0.2, 0) is 4.74 Å². The number of urea groups is 1. The lowest BCUT2D eigenvalue weighted by molar-refractivity contribution is 0.0599. The first-order valence-electron chi connectivity index (χ1n) is 9.61. The van der Waals surface area contributed by atoms with Gasteiger partial charge in [0.15, 0.2) is 0 Å². The van der Waals surface area contributed by atoms with Crippen LogP contribution in [0.3, 0.4) is 0 Å². The highest BCUT2D eigenvalue weighted by Crippen LogP contribution is 2.40. The van der Waals surface area contributed by atoms with Crippen molar-refractivity contribution in [1.29, 1.82) is 0 Å². The highest BCUT2D eigenvalue weighted by atomic mass is 19.1. The normalized spacial score (nSPS) is 25.6. The average molecular weight is 420 g/mol. The Morgan fingerprint density at radius 2 is 2.07 bits per heavy atom. The first kappa shape index (κ1) is 21.5. The lowest BCUT2D eigenvalue weighted by Crippen LogP contribution is -2.60. The third kappa shape index (κ3) is 4.07. The van der Waals surface area contributed by atoms with E-state index in [1.807, 2.05) is 0 Å². The van der Waals surface area contributed by atoms with E-state index in [0.29, 0.717) is 0 Å². The molecule has 0 saturated carbocycles. The van der Waals surface area contributed by atoms with Gasteiger partial charge in [0.25, 0.3) is 0 Å². The summed E-state index contributed by atoms with van der Waals surface area (Å²) in [6.45, 7) is 6.92. The Kier molecular flexibility index (Phi) is 5.44. The summed E-state index contributed by atoms with van der Waals surface area (Å²) in [5.41, 5.74) is -1.62. The van der Waals surface area contributed by atoms with Gasteiger partial charge in [0, 0.05) is 18.3 Å². The van der Waals surface area contributed by atoms with Crippen molar-refractivity contribution in [3.05, 3.63) is 30.1 Å². The number of halogens is 1. The number of rotatable bonds is 1. The van der Waals surface area contributed by atoms with Crippen LogP contribution in [0.25, 0.3) is 0 Å². The molecule has 3 rings (SSSR count). The van der Waals surface area contributed by atoms with Gasteiger partial charge in [-0.1, -0.05) is 6.07 Å². The van der Waals surface area contributed by atoms with Gasteiger partial charge in [-0.2, -0.15) is 4.99 Å². The number of carbonyl (C=O) groups excluding carboxylic acids is 2. The number of nitrogens with zero attached hydrogens (tertiary/aromatic N) is 3. The van der Waals surface area contributed by atoms with Gasteiger partial charge in [-0.3, -0.25) is 10.2 Å². The number of anilines is 1. The predicted octanol–water partition coefficient (Wildman–Crippen LogP) is 3.59. The van der Waals surface area contributed by atoms with Crippen LogP contribution in [0.5, 0.6) is 0 Å². The Labute approximate surface area is 173 Å². The maximum Gasteiger partial charge on any atom is 0.435 e. The van der Waals surface area contributed by atoms with Crippen molar-refractivity contribution in [2.75, 3.05) is 11.4 Å². The van der Waals surface area contributed by atoms with Crippen LogP contribution < -0.4 is 10.2 Å². The summed E-state index contributed by atoms with van der Waals surface area (Å²) in [5, 5.41) is 12.0. The number of aliphatic imine (C=N–C) groups is 1. The molecule has 1 spiro atoms. The molecule has 4 amide bonds. The van der Waals surface area contributed by atoms with Gasteiger partial charge in [-0.25, -0.2) is 18.8 Å². The second-order valence-electron chi connectivity index (χ2n) is 8.50. The van der Waals surface area contributed by atoms with Gasteiger partial charge in [0.1, 0.15) is 22.8 Å². The number of carbonyl (C=O) groups is 3. The Balaban J connectivity index is 2.06. The second-order valence-corrected chi connectivity index (χ2v) is 8.50. The predicted molar refractivity (Wildman–Crippen MR) is 107 cm³/mol. The number of amidine groups is 1. The quantitative estimate of drug-likeness (QED) is 0.721. The summed E-state index contributed by atoms with van der Waals surface area (Å²) in [6, 6.07) is 4.49. The molecule has 9 nitrogen and oxygen atoms in total. The fourth-order valence-corrected chi connectivity index (χ4v) is 3.99. The van der Waals surface area contributed by atoms with Crippen LogP contribution in [0.15, 0.2) is 29.3 Å². The van der Waals surface area contributed by atoms with Crippen molar-refractivity contribution in [2.45, 2.75) is 57.7 Å². The first-order chi connectivity index (χ1) is 13.9. The molecule has 10 heteroatoms. The van der Waals surface area contributed by atoms with Crippen molar-refractivity contribution >= 4 is 29.7 Å². The summed E-state index contributed by atoms with van der Waals surface area (Å²) in [5.74, 6) is -0.452. The van der Waals surface area contributed by atoms with Crippen LogP contribution in [0.2, 0.25) is 0 Å². The monoisotopic (exact) mass is 420 g/mol. The molecule has 2 fully saturated rings. The highest BCUT2D eigenvalue weighted by molar-refractivity contribution is 6.20. The van der Waals surface area contributed by atoms with Gasteiger partial charge >= 0.3 is 18.2 Å². The van der Waals surface area contributed by atoms with Crippen molar-refractivity contribution < 1.29 is 28.6 Å². The molecule has 2 unspecified atom stereocenters. The summed E-state index contributed by atoms with van der Waals surface area (Å²) < 4.78 is 19.1. The molecule has 2 heterocycles. The van der Waals surface area contributed by atoms with Gasteiger partial charge < -0.3 is 14.7 Å². The number of piperidine rings is 1. The SMILES string of the molecule is CC1CC2(CCN1C(=O)O)C(=NC(=O)OC(C)(C)C)NC(=O)N2c1cccc(F)c1. The third-order valence-corrected chi connectivity index (χ3v) is 5.14. The van der Waals surface area contributed by atoms with E-state index in [2.05, 4.69) is 10.3 Å². The fourth-order valence-electron chi connectivity index (χ4n) is 3.99. The fraction of sp³-hybridized carbons (Fsp3) is 0.500. The second kappa shape index (κ2) is 7.58. The summed E-state index contributed by atoms with van der Waals surface area (Å²) in [6.07, 6.45) is -1.58. The number of nitrogens with one attached hydrogen (secondary N) is 1. The molecular weight excluding hydrogens is 395 g/mol. The molecule has 1 aromatic rings. The molecule has 2 atom stereocenters. The van der Waals surface area contributed by atoms with Gasteiger partial charge in [-0.15, -0.1) is 0 Å². The first-order valence-corrected chi connectivity index (χ1v) is 9.61. The Morgan fingerprint density at radius 3 is 2.63 bits per heavy atom. The van der Waals surface area contributed by atoms with E-state index in [4.69, 9.17) is 4.74 Å². The maximum atomic E-state index is 13.9. The van der Waals surface area contributed by atoms with E-state index in [0.717, 1.165) is 0 Å². The van der Waals surface area contributed by atoms with E-state index < -0.39 is 41.2 Å². The Bertz CT molecular complexity index is 913. The molecular formula is C20H25FN4O5. The summed E-state index contributed by atoms with van der Waals surface area (Å²) in [4.78, 5) is 43.4. The zero-order valence-electron chi connectivity index (χ0n) is 17.3. The Morgan fingerprint density at radius 1 is 1.37 bits per heavy atom. The molecule has 2 saturated heterocycles. The molecule has 1 aromatic carbocycles. The molecule has 2 aliphatic rings. The molecule has 2 aliphatic heterocycles. The molecule has 30 heavy (non-hydrogen) atoms. The van der Waals surface area contributed by atoms with Gasteiger partial charge in [-0.05, 0) is 58.7 Å². The number of likely N-dealkylation sites (tertiary alicyclic amines) is 1. The van der Waals surface area contributed by atoms with E-state index in [9.17, 15) is 23.9 Å². The van der Waals surface area contributed by atoms with Crippen molar-refractivity contribution in [1.82, 2.24) is 10.2 Å². The summed E-state index contributed by atoms with van der Waals surface area (Å²) >= 11 is 0. The maximum absolute atomic E-state index is 13.9. The number of ether oxygens (including phenoxy) is 1. The largest absolute Gasteiger partial charge is 0.465 e. The summed E-state index contributed by atoms with van der Waals surface area (Å²) in [7, 11) is 0. The van der Waals surface area contributed by atoms with E-state index in [-0.39, 0.29) is 30.9 Å². The van der Waals surface area contributed by atoms with E-state index >= 15 is 0 Å². The molecule has 0 radical (unpaired) electrons. The average Bonchev–Trinajstić information content (AvgIpc) is 2.83. The minimum atomic E-state index is -1.13. The highest BCUT2D eigenvalue weighted by Gasteiger charge is 2.55.